The SMILES string of the molecule is Cc1ccc(Cn2ccc(NC(=S)Nc3cnn(Cc4ccccc4)c3)n2)cc1. The van der Waals surface area contributed by atoms with Gasteiger partial charge in [-0.2, -0.15) is 10.2 Å². The fraction of sp³-hybridized carbons (Fsp3) is 0.136. The number of aryl methyl sites for hydroxylation is 1. The molecule has 0 spiro atoms. The molecular weight excluding hydrogens is 380 g/mol. The number of benzene rings is 2. The fourth-order valence-electron chi connectivity index (χ4n) is 2.96. The number of nitrogens with zero attached hydrogens (tertiary/aromatic N) is 4. The first-order valence-corrected chi connectivity index (χ1v) is 9.78. The molecule has 0 aliphatic heterocycles. The molecule has 0 saturated carbocycles. The average Bonchev–Trinajstić information content (AvgIpc) is 3.34. The van der Waals surface area contributed by atoms with E-state index >= 15 is 0 Å². The number of hydrogen-bond donors (Lipinski definition) is 2. The first-order chi connectivity index (χ1) is 14.1. The normalized spacial score (nSPS) is 10.7. The second-order valence-corrected chi connectivity index (χ2v) is 7.28. The molecule has 0 fully saturated rings. The summed E-state index contributed by atoms with van der Waals surface area (Å²) in [6.07, 6.45) is 5.62. The number of thiocarbonyl (C=S) groups is 1. The standard InChI is InChI=1S/C22H22N6S/c1-17-7-9-19(10-8-17)14-27-12-11-21(26-27)25-22(29)24-20-13-23-28(16-20)15-18-5-3-2-4-6-18/h2-13,16H,14-15H2,1H3,(H2,24,25,26,29). The van der Waals surface area contributed by atoms with Gasteiger partial charge in [-0.15, -0.1) is 0 Å². The van der Waals surface area contributed by atoms with Crippen LogP contribution in [0.2, 0.25) is 0 Å². The predicted octanol–water partition coefficient (Wildman–Crippen LogP) is 4.29. The lowest BCUT2D eigenvalue weighted by Crippen LogP contribution is -2.19. The van der Waals surface area contributed by atoms with Crippen molar-refractivity contribution in [1.82, 2.24) is 19.6 Å². The average molecular weight is 403 g/mol. The summed E-state index contributed by atoms with van der Waals surface area (Å²) in [5.41, 5.74) is 4.48. The fourth-order valence-corrected chi connectivity index (χ4v) is 3.18. The summed E-state index contributed by atoms with van der Waals surface area (Å²) in [6, 6.07) is 20.6. The van der Waals surface area contributed by atoms with Crippen molar-refractivity contribution in [3.05, 3.63) is 95.9 Å². The summed E-state index contributed by atoms with van der Waals surface area (Å²) in [6.45, 7) is 3.51. The van der Waals surface area contributed by atoms with E-state index in [1.807, 2.05) is 46.0 Å². The highest BCUT2D eigenvalue weighted by molar-refractivity contribution is 7.80. The van der Waals surface area contributed by atoms with Crippen LogP contribution in [0.4, 0.5) is 11.5 Å². The van der Waals surface area contributed by atoms with Crippen LogP contribution < -0.4 is 10.6 Å². The highest BCUT2D eigenvalue weighted by Gasteiger charge is 2.05. The smallest absolute Gasteiger partial charge is 0.176 e. The number of nitrogens with one attached hydrogen (secondary N) is 2. The maximum Gasteiger partial charge on any atom is 0.176 e. The summed E-state index contributed by atoms with van der Waals surface area (Å²) in [5, 5.41) is 15.6. The molecule has 0 aliphatic rings. The Morgan fingerprint density at radius 1 is 0.897 bits per heavy atom. The number of rotatable bonds is 6. The Bertz CT molecular complexity index is 1080. The van der Waals surface area contributed by atoms with Crippen LogP contribution >= 0.6 is 12.2 Å². The van der Waals surface area contributed by atoms with Crippen molar-refractivity contribution >= 4 is 28.8 Å². The molecule has 2 aromatic heterocycles. The third-order valence-corrected chi connectivity index (χ3v) is 4.63. The van der Waals surface area contributed by atoms with Gasteiger partial charge in [-0.05, 0) is 30.3 Å². The van der Waals surface area contributed by atoms with E-state index in [1.54, 1.807) is 6.20 Å². The van der Waals surface area contributed by atoms with Crippen LogP contribution in [0.5, 0.6) is 0 Å². The molecule has 7 heteroatoms. The van der Waals surface area contributed by atoms with Crippen molar-refractivity contribution in [2.75, 3.05) is 10.6 Å². The minimum Gasteiger partial charge on any atom is -0.330 e. The maximum absolute atomic E-state index is 5.40. The van der Waals surface area contributed by atoms with Crippen molar-refractivity contribution in [2.45, 2.75) is 20.0 Å². The number of hydrogen-bond acceptors (Lipinski definition) is 3. The van der Waals surface area contributed by atoms with Crippen LogP contribution in [0.15, 0.2) is 79.3 Å². The Morgan fingerprint density at radius 3 is 2.41 bits per heavy atom. The van der Waals surface area contributed by atoms with Crippen LogP contribution in [-0.2, 0) is 13.1 Å². The molecule has 4 aromatic rings. The predicted molar refractivity (Wildman–Crippen MR) is 120 cm³/mol. The molecule has 0 aliphatic carbocycles. The van der Waals surface area contributed by atoms with Crippen molar-refractivity contribution < 1.29 is 0 Å². The van der Waals surface area contributed by atoms with Crippen molar-refractivity contribution in [3.8, 4) is 0 Å². The zero-order chi connectivity index (χ0) is 20.1. The third-order valence-electron chi connectivity index (χ3n) is 4.43. The second kappa shape index (κ2) is 8.70. The molecule has 0 amide bonds. The number of aromatic nitrogens is 4. The molecule has 2 N–H and O–H groups in total. The van der Waals surface area contributed by atoms with Gasteiger partial charge >= 0.3 is 0 Å². The summed E-state index contributed by atoms with van der Waals surface area (Å²) in [5.74, 6) is 0.700. The van der Waals surface area contributed by atoms with Gasteiger partial charge in [0.25, 0.3) is 0 Å². The van der Waals surface area contributed by atoms with E-state index in [-0.39, 0.29) is 0 Å². The summed E-state index contributed by atoms with van der Waals surface area (Å²) >= 11 is 5.40. The second-order valence-electron chi connectivity index (χ2n) is 6.88. The highest BCUT2D eigenvalue weighted by atomic mass is 32.1. The Hall–Kier alpha value is -3.45. The zero-order valence-corrected chi connectivity index (χ0v) is 16.9. The summed E-state index contributed by atoms with van der Waals surface area (Å²) < 4.78 is 3.75. The van der Waals surface area contributed by atoms with E-state index in [1.165, 1.54) is 16.7 Å². The quantitative estimate of drug-likeness (QED) is 0.471. The van der Waals surface area contributed by atoms with Gasteiger partial charge in [0.05, 0.1) is 25.0 Å². The molecule has 0 bridgehead atoms. The molecule has 2 aromatic carbocycles. The van der Waals surface area contributed by atoms with Gasteiger partial charge in [0.15, 0.2) is 10.9 Å². The molecule has 4 rings (SSSR count). The van der Waals surface area contributed by atoms with E-state index in [2.05, 4.69) is 64.2 Å². The van der Waals surface area contributed by atoms with E-state index < -0.39 is 0 Å². The van der Waals surface area contributed by atoms with Gasteiger partial charge < -0.3 is 10.6 Å². The van der Waals surface area contributed by atoms with Gasteiger partial charge in [0.1, 0.15) is 0 Å². The largest absolute Gasteiger partial charge is 0.330 e. The van der Waals surface area contributed by atoms with Crippen LogP contribution in [0.3, 0.4) is 0 Å². The molecule has 0 saturated heterocycles. The summed E-state index contributed by atoms with van der Waals surface area (Å²) in [4.78, 5) is 0. The van der Waals surface area contributed by atoms with E-state index in [4.69, 9.17) is 12.2 Å². The van der Waals surface area contributed by atoms with Crippen molar-refractivity contribution in [3.63, 3.8) is 0 Å². The molecule has 2 heterocycles. The van der Waals surface area contributed by atoms with Crippen LogP contribution in [0.1, 0.15) is 16.7 Å². The molecule has 0 radical (unpaired) electrons. The topological polar surface area (TPSA) is 59.7 Å². The van der Waals surface area contributed by atoms with Gasteiger partial charge in [-0.1, -0.05) is 60.2 Å². The van der Waals surface area contributed by atoms with Gasteiger partial charge in [0.2, 0.25) is 0 Å². The molecule has 146 valence electrons. The van der Waals surface area contributed by atoms with E-state index in [0.29, 0.717) is 24.0 Å². The first kappa shape index (κ1) is 18.9. The van der Waals surface area contributed by atoms with Gasteiger partial charge in [-0.3, -0.25) is 9.36 Å². The van der Waals surface area contributed by atoms with E-state index in [0.717, 1.165) is 5.69 Å². The van der Waals surface area contributed by atoms with Crippen LogP contribution in [0.25, 0.3) is 0 Å². The van der Waals surface area contributed by atoms with Crippen molar-refractivity contribution in [1.29, 1.82) is 0 Å². The monoisotopic (exact) mass is 402 g/mol. The maximum atomic E-state index is 5.40. The Labute approximate surface area is 175 Å². The molecule has 0 unspecified atom stereocenters. The van der Waals surface area contributed by atoms with Crippen molar-refractivity contribution in [2.24, 2.45) is 0 Å². The lowest BCUT2D eigenvalue weighted by atomic mass is 10.1. The van der Waals surface area contributed by atoms with E-state index in [9.17, 15) is 0 Å². The van der Waals surface area contributed by atoms with Crippen LogP contribution in [-0.4, -0.2) is 24.7 Å². The van der Waals surface area contributed by atoms with Crippen LogP contribution in [0, 0.1) is 6.92 Å². The molecule has 0 atom stereocenters. The zero-order valence-electron chi connectivity index (χ0n) is 16.1. The molecule has 29 heavy (non-hydrogen) atoms. The summed E-state index contributed by atoms with van der Waals surface area (Å²) in [7, 11) is 0. The van der Waals surface area contributed by atoms with Gasteiger partial charge in [0, 0.05) is 18.5 Å². The Morgan fingerprint density at radius 2 is 1.62 bits per heavy atom. The van der Waals surface area contributed by atoms with Gasteiger partial charge in [-0.25, -0.2) is 0 Å². The third kappa shape index (κ3) is 5.30. The lowest BCUT2D eigenvalue weighted by Gasteiger charge is -2.06. The molecule has 6 nitrogen and oxygen atoms in total. The Balaban J connectivity index is 1.31. The highest BCUT2D eigenvalue weighted by Crippen LogP contribution is 2.11. The minimum atomic E-state index is 0.477. The molecular formula is C22H22N6S. The minimum absolute atomic E-state index is 0.477. The lowest BCUT2D eigenvalue weighted by molar-refractivity contribution is 0.687. The first-order valence-electron chi connectivity index (χ1n) is 9.37. The number of anilines is 2. The Kier molecular flexibility index (Phi) is 5.67.